The molecule has 1 N–H and O–H groups in total. The molecule has 0 aliphatic heterocycles. The van der Waals surface area contributed by atoms with Gasteiger partial charge in [0.05, 0.1) is 4.90 Å². The summed E-state index contributed by atoms with van der Waals surface area (Å²) in [5.74, 6) is 2.72. The van der Waals surface area contributed by atoms with E-state index < -0.39 is 10.0 Å². The molecular formula is C21H32N2O2S. The van der Waals surface area contributed by atoms with Crippen LogP contribution in [0.1, 0.15) is 50.5 Å². The molecule has 1 aromatic carbocycles. The molecule has 0 aromatic heterocycles. The number of hydrogen-bond acceptors (Lipinski definition) is 3. The normalized spacial score (nSPS) is 33.1. The first-order valence-electron chi connectivity index (χ1n) is 10.1. The summed E-state index contributed by atoms with van der Waals surface area (Å²) in [7, 11) is 0.596. The molecule has 0 atom stereocenters. The Morgan fingerprint density at radius 1 is 1.00 bits per heavy atom. The molecule has 0 spiro atoms. The van der Waals surface area contributed by atoms with Crippen LogP contribution in [0.5, 0.6) is 0 Å². The molecule has 4 saturated carbocycles. The fourth-order valence-corrected chi connectivity index (χ4v) is 7.21. The van der Waals surface area contributed by atoms with Gasteiger partial charge in [0.15, 0.2) is 0 Å². The minimum Gasteiger partial charge on any atom is -0.309 e. The molecule has 26 heavy (non-hydrogen) atoms. The molecule has 5 heteroatoms. The van der Waals surface area contributed by atoms with Crippen molar-refractivity contribution in [1.82, 2.24) is 9.62 Å². The Bertz CT molecular complexity index is 704. The topological polar surface area (TPSA) is 49.4 Å². The lowest BCUT2D eigenvalue weighted by atomic mass is 9.48. The van der Waals surface area contributed by atoms with Gasteiger partial charge in [0, 0.05) is 6.54 Å². The summed E-state index contributed by atoms with van der Waals surface area (Å²) in [6.45, 7) is 1.37. The molecule has 0 radical (unpaired) electrons. The molecule has 0 unspecified atom stereocenters. The molecule has 5 rings (SSSR count). The lowest BCUT2D eigenvalue weighted by molar-refractivity contribution is -0.00521. The van der Waals surface area contributed by atoms with Crippen molar-refractivity contribution in [3.63, 3.8) is 0 Å². The first kappa shape index (κ1) is 18.5. The Hall–Kier alpha value is -0.910. The molecule has 0 saturated heterocycles. The van der Waals surface area contributed by atoms with Crippen LogP contribution in [0.4, 0.5) is 0 Å². The van der Waals surface area contributed by atoms with Gasteiger partial charge in [-0.25, -0.2) is 13.1 Å². The van der Waals surface area contributed by atoms with Gasteiger partial charge in [-0.1, -0.05) is 12.1 Å². The molecule has 4 bridgehead atoms. The lowest BCUT2D eigenvalue weighted by Gasteiger charge is -2.57. The Kier molecular flexibility index (Phi) is 4.91. The number of benzene rings is 1. The largest absolute Gasteiger partial charge is 0.309 e. The van der Waals surface area contributed by atoms with Crippen LogP contribution in [0.3, 0.4) is 0 Å². The van der Waals surface area contributed by atoms with Crippen molar-refractivity contribution in [3.8, 4) is 0 Å². The number of hydrogen-bond donors (Lipinski definition) is 1. The summed E-state index contributed by atoms with van der Waals surface area (Å²) in [6.07, 6.45) is 9.06. The van der Waals surface area contributed by atoms with Crippen LogP contribution in [0.25, 0.3) is 0 Å². The standard InChI is InChI=1S/C21H32N2O2S/c1-23(2)9-3-8-22-26(24,25)20-6-4-19(5-7-20)21-13-16-10-17(14-21)12-18(11-16)15-21/h4-7,16-18,22H,3,8-15H2,1-2H3. The molecule has 4 nitrogen and oxygen atoms in total. The van der Waals surface area contributed by atoms with E-state index in [0.29, 0.717) is 16.9 Å². The maximum absolute atomic E-state index is 12.5. The highest BCUT2D eigenvalue weighted by Gasteiger charge is 2.51. The van der Waals surface area contributed by atoms with Crippen molar-refractivity contribution >= 4 is 10.0 Å². The van der Waals surface area contributed by atoms with Crippen molar-refractivity contribution in [3.05, 3.63) is 29.8 Å². The third-order valence-electron chi connectivity index (χ3n) is 6.89. The van der Waals surface area contributed by atoms with Crippen LogP contribution < -0.4 is 4.72 Å². The van der Waals surface area contributed by atoms with Gasteiger partial charge >= 0.3 is 0 Å². The van der Waals surface area contributed by atoms with Crippen LogP contribution in [0.15, 0.2) is 29.2 Å². The van der Waals surface area contributed by atoms with Crippen LogP contribution in [-0.2, 0) is 15.4 Å². The molecule has 4 aliphatic rings. The zero-order valence-corrected chi connectivity index (χ0v) is 16.9. The summed E-state index contributed by atoms with van der Waals surface area (Å²) >= 11 is 0. The average Bonchev–Trinajstić information content (AvgIpc) is 2.58. The molecule has 144 valence electrons. The van der Waals surface area contributed by atoms with E-state index in [2.05, 4.69) is 21.8 Å². The third kappa shape index (κ3) is 3.58. The van der Waals surface area contributed by atoms with Crippen molar-refractivity contribution in [1.29, 1.82) is 0 Å². The summed E-state index contributed by atoms with van der Waals surface area (Å²) in [5.41, 5.74) is 1.71. The molecule has 0 amide bonds. The average molecular weight is 377 g/mol. The van der Waals surface area contributed by atoms with Gasteiger partial charge in [-0.05, 0) is 106 Å². The van der Waals surface area contributed by atoms with Crippen molar-refractivity contribution in [2.24, 2.45) is 17.8 Å². The van der Waals surface area contributed by atoms with E-state index in [1.165, 1.54) is 44.1 Å². The van der Waals surface area contributed by atoms with Gasteiger partial charge in [-0.15, -0.1) is 0 Å². The molecular weight excluding hydrogens is 344 g/mol. The smallest absolute Gasteiger partial charge is 0.240 e. The Balaban J connectivity index is 1.45. The summed E-state index contributed by atoms with van der Waals surface area (Å²) in [5, 5.41) is 0. The molecule has 4 fully saturated rings. The van der Waals surface area contributed by atoms with Gasteiger partial charge < -0.3 is 4.90 Å². The second-order valence-corrected chi connectivity index (χ2v) is 11.0. The van der Waals surface area contributed by atoms with E-state index in [-0.39, 0.29) is 0 Å². The quantitative estimate of drug-likeness (QED) is 0.742. The summed E-state index contributed by atoms with van der Waals surface area (Å²) < 4.78 is 27.8. The van der Waals surface area contributed by atoms with Gasteiger partial charge in [0.1, 0.15) is 0 Å². The third-order valence-corrected chi connectivity index (χ3v) is 8.37. The van der Waals surface area contributed by atoms with Crippen molar-refractivity contribution < 1.29 is 8.42 Å². The Morgan fingerprint density at radius 3 is 2.04 bits per heavy atom. The Morgan fingerprint density at radius 2 is 1.54 bits per heavy atom. The zero-order chi connectivity index (χ0) is 18.4. The number of sulfonamides is 1. The molecule has 0 heterocycles. The van der Waals surface area contributed by atoms with Gasteiger partial charge in [-0.3, -0.25) is 0 Å². The van der Waals surface area contributed by atoms with E-state index in [0.717, 1.165) is 30.7 Å². The highest BCUT2D eigenvalue weighted by Crippen LogP contribution is 2.60. The van der Waals surface area contributed by atoms with E-state index in [9.17, 15) is 8.42 Å². The lowest BCUT2D eigenvalue weighted by Crippen LogP contribution is -2.48. The fraction of sp³-hybridized carbons (Fsp3) is 0.714. The monoisotopic (exact) mass is 376 g/mol. The minimum atomic E-state index is -3.40. The number of nitrogens with zero attached hydrogens (tertiary/aromatic N) is 1. The van der Waals surface area contributed by atoms with E-state index in [1.54, 1.807) is 0 Å². The summed E-state index contributed by atoms with van der Waals surface area (Å²) in [4.78, 5) is 2.46. The molecule has 1 aromatic rings. The van der Waals surface area contributed by atoms with Crippen LogP contribution in [-0.4, -0.2) is 40.5 Å². The number of nitrogens with one attached hydrogen (secondary N) is 1. The highest BCUT2D eigenvalue weighted by atomic mass is 32.2. The molecule has 4 aliphatic carbocycles. The van der Waals surface area contributed by atoms with Crippen molar-refractivity contribution in [2.45, 2.75) is 55.3 Å². The van der Waals surface area contributed by atoms with E-state index >= 15 is 0 Å². The maximum Gasteiger partial charge on any atom is 0.240 e. The van der Waals surface area contributed by atoms with Crippen LogP contribution >= 0.6 is 0 Å². The number of rotatable bonds is 7. The first-order chi connectivity index (χ1) is 12.4. The Labute approximate surface area is 158 Å². The van der Waals surface area contributed by atoms with Crippen molar-refractivity contribution in [2.75, 3.05) is 27.2 Å². The maximum atomic E-state index is 12.5. The predicted molar refractivity (Wildman–Crippen MR) is 105 cm³/mol. The first-order valence-corrected chi connectivity index (χ1v) is 11.6. The summed E-state index contributed by atoms with van der Waals surface area (Å²) in [6, 6.07) is 7.84. The SMILES string of the molecule is CN(C)CCCNS(=O)(=O)c1ccc(C23CC4CC(CC(C4)C2)C3)cc1. The van der Waals surface area contributed by atoms with Crippen LogP contribution in [0.2, 0.25) is 0 Å². The van der Waals surface area contributed by atoms with Gasteiger partial charge in [0.2, 0.25) is 10.0 Å². The predicted octanol–water partition coefficient (Wildman–Crippen LogP) is 3.38. The zero-order valence-electron chi connectivity index (χ0n) is 16.1. The second-order valence-electron chi connectivity index (χ2n) is 9.28. The fourth-order valence-electron chi connectivity index (χ4n) is 6.14. The van der Waals surface area contributed by atoms with E-state index in [4.69, 9.17) is 0 Å². The van der Waals surface area contributed by atoms with Crippen LogP contribution in [0, 0.1) is 17.8 Å². The van der Waals surface area contributed by atoms with Gasteiger partial charge in [0.25, 0.3) is 0 Å². The van der Waals surface area contributed by atoms with E-state index in [1.807, 2.05) is 26.2 Å². The second kappa shape index (κ2) is 6.92. The highest BCUT2D eigenvalue weighted by molar-refractivity contribution is 7.89. The minimum absolute atomic E-state index is 0.330. The van der Waals surface area contributed by atoms with Gasteiger partial charge in [-0.2, -0.15) is 0 Å².